The van der Waals surface area contributed by atoms with Crippen LogP contribution in [-0.4, -0.2) is 22.1 Å². The molecule has 2 heterocycles. The van der Waals surface area contributed by atoms with Crippen LogP contribution < -0.4 is 5.32 Å². The van der Waals surface area contributed by atoms with Gasteiger partial charge in [0.25, 0.3) is 5.91 Å². The van der Waals surface area contributed by atoms with Crippen LogP contribution in [0.1, 0.15) is 49.9 Å². The van der Waals surface area contributed by atoms with Gasteiger partial charge in [-0.1, -0.05) is 35.9 Å². The molecule has 1 amide bonds. The second-order valence-electron chi connectivity index (χ2n) is 7.86. The molecule has 1 N–H and O–H groups in total. The monoisotopic (exact) mass is 473 g/mol. The number of aromatic nitrogens is 2. The minimum absolute atomic E-state index is 0.0648. The summed E-state index contributed by atoms with van der Waals surface area (Å²) in [5.41, 5.74) is 3.67. The zero-order chi connectivity index (χ0) is 24.2. The van der Waals surface area contributed by atoms with Crippen LogP contribution in [0.4, 0.5) is 13.2 Å². The second kappa shape index (κ2) is 10.2. The molecule has 1 unspecified atom stereocenters. The zero-order valence-electron chi connectivity index (χ0n) is 18.4. The summed E-state index contributed by atoms with van der Waals surface area (Å²) in [5, 5.41) is 3.03. The predicted octanol–water partition coefficient (Wildman–Crippen LogP) is 6.34. The summed E-state index contributed by atoms with van der Waals surface area (Å²) in [6, 6.07) is 9.74. The topological polar surface area (TPSA) is 54.9 Å². The maximum Gasteiger partial charge on any atom is 0.399 e. The van der Waals surface area contributed by atoms with Gasteiger partial charge in [-0.3, -0.25) is 14.8 Å². The largest absolute Gasteiger partial charge is 0.399 e. The molecule has 33 heavy (non-hydrogen) atoms. The normalized spacial score (nSPS) is 12.7. The summed E-state index contributed by atoms with van der Waals surface area (Å²) >= 11 is 5.96. The van der Waals surface area contributed by atoms with E-state index >= 15 is 0 Å². The molecule has 0 aliphatic rings. The number of hydrogen-bond donors (Lipinski definition) is 1. The predicted molar refractivity (Wildman–Crippen MR) is 123 cm³/mol. The number of alkyl halides is 3. The molecule has 4 nitrogen and oxygen atoms in total. The molecule has 3 aromatic rings. The first kappa shape index (κ1) is 24.5. The van der Waals surface area contributed by atoms with Crippen LogP contribution >= 0.6 is 11.6 Å². The van der Waals surface area contributed by atoms with Crippen molar-refractivity contribution in [3.63, 3.8) is 0 Å². The van der Waals surface area contributed by atoms with Crippen molar-refractivity contribution in [2.75, 3.05) is 0 Å². The minimum Gasteiger partial charge on any atom is -0.347 e. The van der Waals surface area contributed by atoms with Gasteiger partial charge in [-0.15, -0.1) is 0 Å². The number of halogens is 4. The average Bonchev–Trinajstić information content (AvgIpc) is 2.71. The molecule has 0 saturated carbocycles. The van der Waals surface area contributed by atoms with Crippen LogP contribution in [0.3, 0.4) is 0 Å². The molecular weight excluding hydrogens is 451 g/mol. The zero-order valence-corrected chi connectivity index (χ0v) is 19.1. The van der Waals surface area contributed by atoms with Crippen molar-refractivity contribution < 1.29 is 18.0 Å². The number of aryl methyl sites for hydroxylation is 3. The Hall–Kier alpha value is -3.19. The number of hydrogen-bond acceptors (Lipinski definition) is 3. The summed E-state index contributed by atoms with van der Waals surface area (Å²) < 4.78 is 41.1. The van der Waals surface area contributed by atoms with Gasteiger partial charge < -0.3 is 5.32 Å². The summed E-state index contributed by atoms with van der Waals surface area (Å²) in [5.74, 6) is -2.19. The molecule has 0 aliphatic carbocycles. The fourth-order valence-electron chi connectivity index (χ4n) is 3.36. The fraction of sp³-hybridized carbons (Fsp3) is 0.240. The Balaban J connectivity index is 1.76. The van der Waals surface area contributed by atoms with Crippen LogP contribution in [0.15, 0.2) is 54.9 Å². The highest BCUT2D eigenvalue weighted by Crippen LogP contribution is 2.37. The molecule has 0 fully saturated rings. The molecule has 0 aliphatic heterocycles. The Morgan fingerprint density at radius 2 is 1.85 bits per heavy atom. The molecule has 3 rings (SSSR count). The molecule has 172 valence electrons. The lowest BCUT2D eigenvalue weighted by Crippen LogP contribution is -2.24. The SMILES string of the molecule is Cc1cc(Cl)cc(C(/C=C/c2cnc(C(=O)NCc3ccc(C)nc3)c(C)c2)C(F)(F)F)c1. The highest BCUT2D eigenvalue weighted by Gasteiger charge is 2.39. The molecule has 2 aromatic heterocycles. The number of nitrogens with zero attached hydrogens (tertiary/aromatic N) is 2. The second-order valence-corrected chi connectivity index (χ2v) is 8.30. The third kappa shape index (κ3) is 6.65. The summed E-state index contributed by atoms with van der Waals surface area (Å²) in [6.07, 6.45) is 1.01. The smallest absolute Gasteiger partial charge is 0.347 e. The number of pyridine rings is 2. The summed E-state index contributed by atoms with van der Waals surface area (Å²) in [6.45, 7) is 5.55. The van der Waals surface area contributed by atoms with Gasteiger partial charge >= 0.3 is 6.18 Å². The Morgan fingerprint density at radius 3 is 2.45 bits per heavy atom. The van der Waals surface area contributed by atoms with Gasteiger partial charge in [-0.05, 0) is 72.9 Å². The first-order valence-electron chi connectivity index (χ1n) is 10.2. The van der Waals surface area contributed by atoms with E-state index in [9.17, 15) is 18.0 Å². The Bertz CT molecular complexity index is 1150. The van der Waals surface area contributed by atoms with E-state index in [1.165, 1.54) is 24.4 Å². The molecule has 0 bridgehead atoms. The third-order valence-corrected chi connectivity index (χ3v) is 5.22. The number of amides is 1. The van der Waals surface area contributed by atoms with E-state index in [1.54, 1.807) is 32.2 Å². The van der Waals surface area contributed by atoms with Crippen molar-refractivity contribution in [2.24, 2.45) is 0 Å². The van der Waals surface area contributed by atoms with Gasteiger partial charge in [0.1, 0.15) is 5.69 Å². The van der Waals surface area contributed by atoms with E-state index in [1.807, 2.05) is 19.1 Å². The van der Waals surface area contributed by atoms with Crippen molar-refractivity contribution in [2.45, 2.75) is 39.4 Å². The van der Waals surface area contributed by atoms with E-state index in [2.05, 4.69) is 15.3 Å². The lowest BCUT2D eigenvalue weighted by Gasteiger charge is -2.18. The van der Waals surface area contributed by atoms with Crippen LogP contribution in [-0.2, 0) is 6.54 Å². The minimum atomic E-state index is -4.49. The highest BCUT2D eigenvalue weighted by atomic mass is 35.5. The van der Waals surface area contributed by atoms with Crippen molar-refractivity contribution in [3.8, 4) is 0 Å². The summed E-state index contributed by atoms with van der Waals surface area (Å²) in [4.78, 5) is 20.8. The van der Waals surface area contributed by atoms with Crippen molar-refractivity contribution >= 4 is 23.6 Å². The molecule has 8 heteroatoms. The van der Waals surface area contributed by atoms with Gasteiger partial charge in [0.15, 0.2) is 0 Å². The van der Waals surface area contributed by atoms with Crippen molar-refractivity contribution in [1.29, 1.82) is 0 Å². The van der Waals surface area contributed by atoms with Gasteiger partial charge in [0.2, 0.25) is 0 Å². The van der Waals surface area contributed by atoms with Gasteiger partial charge in [0, 0.05) is 29.7 Å². The van der Waals surface area contributed by atoms with E-state index in [-0.39, 0.29) is 22.2 Å². The molecule has 0 saturated heterocycles. The van der Waals surface area contributed by atoms with Gasteiger partial charge in [-0.2, -0.15) is 13.2 Å². The Kier molecular flexibility index (Phi) is 7.53. The van der Waals surface area contributed by atoms with Gasteiger partial charge in [0.05, 0.1) is 5.92 Å². The molecule has 0 spiro atoms. The number of rotatable bonds is 6. The lowest BCUT2D eigenvalue weighted by molar-refractivity contribution is -0.139. The highest BCUT2D eigenvalue weighted by molar-refractivity contribution is 6.30. The third-order valence-electron chi connectivity index (χ3n) is 5.00. The fourth-order valence-corrected chi connectivity index (χ4v) is 3.65. The average molecular weight is 474 g/mol. The van der Waals surface area contributed by atoms with Crippen LogP contribution in [0.2, 0.25) is 5.02 Å². The molecule has 1 atom stereocenters. The molecular formula is C25H23ClF3N3O. The number of allylic oxidation sites excluding steroid dienone is 1. The van der Waals surface area contributed by atoms with E-state index in [4.69, 9.17) is 11.6 Å². The number of benzene rings is 1. The van der Waals surface area contributed by atoms with Crippen LogP contribution in [0.25, 0.3) is 6.08 Å². The van der Waals surface area contributed by atoms with E-state index in [0.717, 1.165) is 17.3 Å². The van der Waals surface area contributed by atoms with Crippen molar-refractivity contribution in [1.82, 2.24) is 15.3 Å². The number of nitrogens with one attached hydrogen (secondary N) is 1. The number of carbonyl (C=O) groups excluding carboxylic acids is 1. The molecule has 0 radical (unpaired) electrons. The van der Waals surface area contributed by atoms with Gasteiger partial charge in [-0.25, -0.2) is 0 Å². The van der Waals surface area contributed by atoms with Crippen molar-refractivity contribution in [3.05, 3.63) is 99.1 Å². The molecule has 1 aromatic carbocycles. The maximum atomic E-state index is 13.7. The Labute approximate surface area is 195 Å². The van der Waals surface area contributed by atoms with E-state index in [0.29, 0.717) is 23.2 Å². The van der Waals surface area contributed by atoms with Crippen LogP contribution in [0, 0.1) is 20.8 Å². The van der Waals surface area contributed by atoms with Crippen LogP contribution in [0.5, 0.6) is 0 Å². The Morgan fingerprint density at radius 1 is 1.09 bits per heavy atom. The quantitative estimate of drug-likeness (QED) is 0.454. The standard InChI is InChI=1S/C25H23ClF3N3O/c1-15-8-20(11-21(26)9-15)22(25(27,28)29)7-6-18-10-16(2)23(31-12-18)24(33)32-14-19-5-4-17(3)30-13-19/h4-13,22H,14H2,1-3H3,(H,32,33)/b7-6+. The number of carbonyl (C=O) groups is 1. The first-order chi connectivity index (χ1) is 15.5. The lowest BCUT2D eigenvalue weighted by atomic mass is 9.95. The maximum absolute atomic E-state index is 13.7. The van der Waals surface area contributed by atoms with E-state index < -0.39 is 12.1 Å². The first-order valence-corrected chi connectivity index (χ1v) is 10.6. The summed E-state index contributed by atoms with van der Waals surface area (Å²) in [7, 11) is 0.